The van der Waals surface area contributed by atoms with Crippen molar-refractivity contribution in [1.82, 2.24) is 10.9 Å². The van der Waals surface area contributed by atoms with E-state index in [2.05, 4.69) is 17.4 Å². The largest absolute Gasteiger partial charge is 0.315 e. The summed E-state index contributed by atoms with van der Waals surface area (Å²) in [6.45, 7) is 5.32. The molecule has 72 valence electrons. The van der Waals surface area contributed by atoms with E-state index in [1.165, 1.54) is 6.08 Å². The van der Waals surface area contributed by atoms with Gasteiger partial charge in [-0.2, -0.15) is 0 Å². The van der Waals surface area contributed by atoms with Crippen molar-refractivity contribution in [2.45, 2.75) is 25.9 Å². The molecule has 0 aliphatic rings. The van der Waals surface area contributed by atoms with Gasteiger partial charge in [-0.3, -0.25) is 10.2 Å². The van der Waals surface area contributed by atoms with Gasteiger partial charge < -0.3 is 5.73 Å². The molecule has 0 saturated heterocycles. The number of hydrogen-bond donors (Lipinski definition) is 3. The van der Waals surface area contributed by atoms with Crippen molar-refractivity contribution in [3.63, 3.8) is 0 Å². The molecule has 1 unspecified atom stereocenters. The van der Waals surface area contributed by atoms with Crippen LogP contribution in [0.5, 0.6) is 0 Å². The number of halogens is 1. The van der Waals surface area contributed by atoms with Crippen LogP contribution in [-0.2, 0) is 4.79 Å². The molecule has 0 radical (unpaired) electrons. The topological polar surface area (TPSA) is 67.2 Å². The molecule has 1 atom stereocenters. The van der Waals surface area contributed by atoms with Crippen molar-refractivity contribution in [3.8, 4) is 0 Å². The van der Waals surface area contributed by atoms with Gasteiger partial charge in [0.2, 0.25) is 0 Å². The Morgan fingerprint density at radius 2 is 2.33 bits per heavy atom. The monoisotopic (exact) mass is 193 g/mol. The third kappa shape index (κ3) is 7.53. The highest BCUT2D eigenvalue weighted by Gasteiger charge is 1.99. The van der Waals surface area contributed by atoms with E-state index in [9.17, 15) is 4.79 Å². The lowest BCUT2D eigenvalue weighted by Crippen LogP contribution is -2.48. The molecule has 4 N–H and O–H groups in total. The summed E-state index contributed by atoms with van der Waals surface area (Å²) in [4.78, 5) is 10.6. The molecular formula is C7H16ClN3O. The SMILES string of the molecule is C=CC(=O)NNC(N)CCC.Cl. The summed E-state index contributed by atoms with van der Waals surface area (Å²) >= 11 is 0. The minimum atomic E-state index is -0.267. The van der Waals surface area contributed by atoms with Crippen molar-refractivity contribution < 1.29 is 4.79 Å². The fraction of sp³-hybridized carbons (Fsp3) is 0.571. The van der Waals surface area contributed by atoms with Crippen molar-refractivity contribution in [2.75, 3.05) is 0 Å². The van der Waals surface area contributed by atoms with Gasteiger partial charge in [-0.05, 0) is 12.5 Å². The van der Waals surface area contributed by atoms with Gasteiger partial charge in [0.05, 0.1) is 6.17 Å². The summed E-state index contributed by atoms with van der Waals surface area (Å²) in [5.41, 5.74) is 10.6. The molecule has 12 heavy (non-hydrogen) atoms. The smallest absolute Gasteiger partial charge is 0.257 e. The molecule has 0 aliphatic carbocycles. The Morgan fingerprint density at radius 3 is 2.75 bits per heavy atom. The van der Waals surface area contributed by atoms with Crippen molar-refractivity contribution in [2.24, 2.45) is 5.73 Å². The molecule has 0 fully saturated rings. The second-order valence-electron chi connectivity index (χ2n) is 2.23. The van der Waals surface area contributed by atoms with Gasteiger partial charge in [0.15, 0.2) is 0 Å². The molecule has 0 aromatic carbocycles. The highest BCUT2D eigenvalue weighted by Crippen LogP contribution is 1.86. The molecule has 5 heteroatoms. The summed E-state index contributed by atoms with van der Waals surface area (Å²) < 4.78 is 0. The van der Waals surface area contributed by atoms with Crippen LogP contribution in [-0.4, -0.2) is 12.1 Å². The van der Waals surface area contributed by atoms with Crippen LogP contribution in [0.15, 0.2) is 12.7 Å². The minimum absolute atomic E-state index is 0. The maximum Gasteiger partial charge on any atom is 0.257 e. The molecule has 0 rings (SSSR count). The van der Waals surface area contributed by atoms with Crippen LogP contribution in [0.3, 0.4) is 0 Å². The van der Waals surface area contributed by atoms with Crippen molar-refractivity contribution in [3.05, 3.63) is 12.7 Å². The summed E-state index contributed by atoms with van der Waals surface area (Å²) in [7, 11) is 0. The lowest BCUT2D eigenvalue weighted by molar-refractivity contribution is -0.117. The highest BCUT2D eigenvalue weighted by atomic mass is 35.5. The Balaban J connectivity index is 0. The Hall–Kier alpha value is -0.580. The predicted molar refractivity (Wildman–Crippen MR) is 51.6 cm³/mol. The van der Waals surface area contributed by atoms with E-state index < -0.39 is 0 Å². The molecule has 0 aromatic rings. The maximum atomic E-state index is 10.6. The molecule has 0 bridgehead atoms. The van der Waals surface area contributed by atoms with E-state index in [-0.39, 0.29) is 24.5 Å². The van der Waals surface area contributed by atoms with Crippen molar-refractivity contribution in [1.29, 1.82) is 0 Å². The highest BCUT2D eigenvalue weighted by molar-refractivity contribution is 5.86. The van der Waals surface area contributed by atoms with Crippen LogP contribution >= 0.6 is 12.4 Å². The molecule has 4 nitrogen and oxygen atoms in total. The van der Waals surface area contributed by atoms with Crippen LogP contribution in [0, 0.1) is 0 Å². The van der Waals surface area contributed by atoms with Crippen molar-refractivity contribution >= 4 is 18.3 Å². The predicted octanol–water partition coefficient (Wildman–Crippen LogP) is 0.300. The Kier molecular flexibility index (Phi) is 9.92. The lowest BCUT2D eigenvalue weighted by Gasteiger charge is -2.11. The zero-order valence-corrected chi connectivity index (χ0v) is 7.99. The van der Waals surface area contributed by atoms with Gasteiger partial charge in [0.1, 0.15) is 0 Å². The third-order valence-corrected chi connectivity index (χ3v) is 1.17. The normalized spacial score (nSPS) is 11.2. The van der Waals surface area contributed by atoms with Crippen LogP contribution in [0.2, 0.25) is 0 Å². The number of hydrogen-bond acceptors (Lipinski definition) is 3. The zero-order valence-electron chi connectivity index (χ0n) is 7.17. The quantitative estimate of drug-likeness (QED) is 0.334. The molecule has 0 aromatic heterocycles. The van der Waals surface area contributed by atoms with E-state index in [0.717, 1.165) is 12.8 Å². The number of amides is 1. The van der Waals surface area contributed by atoms with Gasteiger partial charge in [0, 0.05) is 0 Å². The van der Waals surface area contributed by atoms with E-state index in [4.69, 9.17) is 5.73 Å². The average Bonchev–Trinajstić information content (AvgIpc) is 2.01. The fourth-order valence-corrected chi connectivity index (χ4v) is 0.598. The van der Waals surface area contributed by atoms with E-state index in [1.807, 2.05) is 6.92 Å². The molecule has 0 spiro atoms. The lowest BCUT2D eigenvalue weighted by atomic mass is 10.3. The van der Waals surface area contributed by atoms with Gasteiger partial charge in [-0.25, -0.2) is 5.43 Å². The zero-order chi connectivity index (χ0) is 8.69. The average molecular weight is 194 g/mol. The van der Waals surface area contributed by atoms with Crippen LogP contribution in [0.25, 0.3) is 0 Å². The number of carbonyl (C=O) groups excluding carboxylic acids is 1. The van der Waals surface area contributed by atoms with Gasteiger partial charge in [0.25, 0.3) is 5.91 Å². The first-order chi connectivity index (χ1) is 5.20. The second kappa shape index (κ2) is 8.52. The van der Waals surface area contributed by atoms with Gasteiger partial charge in [-0.1, -0.05) is 19.9 Å². The summed E-state index contributed by atoms with van der Waals surface area (Å²) in [5, 5.41) is 0. The first kappa shape index (κ1) is 14.0. The van der Waals surface area contributed by atoms with E-state index in [0.29, 0.717) is 0 Å². The van der Waals surface area contributed by atoms with Crippen LogP contribution in [0.4, 0.5) is 0 Å². The number of carbonyl (C=O) groups is 1. The van der Waals surface area contributed by atoms with Gasteiger partial charge >= 0.3 is 0 Å². The number of hydrazine groups is 1. The summed E-state index contributed by atoms with van der Waals surface area (Å²) in [5.74, 6) is -0.267. The molecule has 0 saturated carbocycles. The van der Waals surface area contributed by atoms with E-state index >= 15 is 0 Å². The molecule has 1 amide bonds. The fourth-order valence-electron chi connectivity index (χ4n) is 0.598. The van der Waals surface area contributed by atoms with Crippen LogP contribution in [0.1, 0.15) is 19.8 Å². The Morgan fingerprint density at radius 1 is 1.75 bits per heavy atom. The Bertz CT molecular complexity index is 141. The molecule has 0 aliphatic heterocycles. The first-order valence-corrected chi connectivity index (χ1v) is 3.64. The summed E-state index contributed by atoms with van der Waals surface area (Å²) in [6.07, 6.45) is 2.82. The maximum absolute atomic E-state index is 10.6. The summed E-state index contributed by atoms with van der Waals surface area (Å²) in [6, 6.07) is 0. The molecular weight excluding hydrogens is 178 g/mol. The van der Waals surface area contributed by atoms with Gasteiger partial charge in [-0.15, -0.1) is 12.4 Å². The third-order valence-electron chi connectivity index (χ3n) is 1.17. The molecule has 0 heterocycles. The number of nitrogens with one attached hydrogen (secondary N) is 2. The Labute approximate surface area is 79.0 Å². The first-order valence-electron chi connectivity index (χ1n) is 3.64. The van der Waals surface area contributed by atoms with E-state index in [1.54, 1.807) is 0 Å². The minimum Gasteiger partial charge on any atom is -0.315 e. The standard InChI is InChI=1S/C7H15N3O.ClH/c1-3-5-6(8)9-10-7(11)4-2;/h4,6,9H,2-3,5,8H2,1H3,(H,10,11);1H. The number of nitrogens with two attached hydrogens (primary N) is 1. The van der Waals surface area contributed by atoms with Crippen LogP contribution < -0.4 is 16.6 Å². The number of rotatable bonds is 5. The second-order valence-corrected chi connectivity index (χ2v) is 2.23.